The first-order valence-corrected chi connectivity index (χ1v) is 13.7. The van der Waals surface area contributed by atoms with Crippen LogP contribution in [-0.4, -0.2) is 28.6 Å². The van der Waals surface area contributed by atoms with E-state index in [4.69, 9.17) is 0 Å². The molecule has 0 saturated heterocycles. The van der Waals surface area contributed by atoms with Crippen molar-refractivity contribution < 1.29 is 26.3 Å². The van der Waals surface area contributed by atoms with Crippen LogP contribution in [0.15, 0.2) is 60.7 Å². The summed E-state index contributed by atoms with van der Waals surface area (Å²) in [6.45, 7) is 0. The average Bonchev–Trinajstić information content (AvgIpc) is 2.38. The average molecular weight is 499 g/mol. The van der Waals surface area contributed by atoms with Gasteiger partial charge in [0.15, 0.2) is 0 Å². The van der Waals surface area contributed by atoms with Crippen LogP contribution in [0, 0.1) is 0 Å². The topological polar surface area (TPSA) is 0 Å². The van der Waals surface area contributed by atoms with Crippen LogP contribution >= 0.6 is 0 Å². The van der Waals surface area contributed by atoms with Gasteiger partial charge in [-0.2, -0.15) is 0 Å². The molecule has 0 fully saturated rings. The first-order chi connectivity index (χ1) is 9.71. The van der Waals surface area contributed by atoms with Crippen LogP contribution < -0.4 is 6.25 Å². The summed E-state index contributed by atoms with van der Waals surface area (Å²) in [6, 6.07) is 11.4. The SMILES string of the molecule is F[C](F)(F)[Pb]([c]1ccccc1)([c]1ccccc1)[C](F)(F)F. The molecule has 0 radical (unpaired) electrons. The minimum atomic E-state index is -7.10. The Morgan fingerprint density at radius 3 is 1.05 bits per heavy atom. The zero-order valence-electron chi connectivity index (χ0n) is 10.5. The normalized spacial score (nSPS) is 13.2. The molecule has 0 amide bonds. The third kappa shape index (κ3) is 2.69. The number of hydrogen-bond acceptors (Lipinski definition) is 0. The van der Waals surface area contributed by atoms with Crippen molar-refractivity contribution in [2.75, 3.05) is 0 Å². The summed E-state index contributed by atoms with van der Waals surface area (Å²) in [5.41, 5.74) is 0. The summed E-state index contributed by atoms with van der Waals surface area (Å²) in [5, 5.41) is 0. The summed E-state index contributed by atoms with van der Waals surface area (Å²) in [5.74, 6) is 0. The van der Waals surface area contributed by atoms with E-state index in [0.29, 0.717) is 0 Å². The standard InChI is InChI=1S/2C6H5.2CF3.Pb/c2*1-2-4-6-5-3-1;2*2-1(3)4;/h2*1-5H;;;. The van der Waals surface area contributed by atoms with E-state index in [1.807, 2.05) is 0 Å². The molecule has 0 bridgehead atoms. The van der Waals surface area contributed by atoms with E-state index in [-0.39, 0.29) is 0 Å². The van der Waals surface area contributed by atoms with E-state index in [2.05, 4.69) is 0 Å². The molecule has 21 heavy (non-hydrogen) atoms. The molecule has 0 heterocycles. The van der Waals surface area contributed by atoms with Crippen molar-refractivity contribution in [2.45, 2.75) is 7.47 Å². The number of benzene rings is 2. The Bertz CT molecular complexity index is 533. The van der Waals surface area contributed by atoms with Gasteiger partial charge in [-0.1, -0.05) is 0 Å². The van der Waals surface area contributed by atoms with E-state index in [9.17, 15) is 26.3 Å². The van der Waals surface area contributed by atoms with E-state index < -0.39 is 34.9 Å². The first-order valence-electron chi connectivity index (χ1n) is 5.96. The quantitative estimate of drug-likeness (QED) is 0.439. The molecule has 0 aromatic heterocycles. The molecule has 0 N–H and O–H groups in total. The van der Waals surface area contributed by atoms with Gasteiger partial charge in [-0.25, -0.2) is 0 Å². The maximum atomic E-state index is 13.6. The zero-order chi connectivity index (χ0) is 15.7. The van der Waals surface area contributed by atoms with Gasteiger partial charge in [0.25, 0.3) is 0 Å². The van der Waals surface area contributed by atoms with Crippen molar-refractivity contribution in [1.82, 2.24) is 0 Å². The second-order valence-corrected chi connectivity index (χ2v) is 19.2. The van der Waals surface area contributed by atoms with E-state index in [0.717, 1.165) is 24.3 Å². The number of halogens is 6. The molecule has 0 atom stereocenters. The minimum absolute atomic E-state index is 0.629. The van der Waals surface area contributed by atoms with Crippen LogP contribution in [0.3, 0.4) is 0 Å². The Morgan fingerprint density at radius 2 is 0.810 bits per heavy atom. The second-order valence-electron chi connectivity index (χ2n) is 4.48. The van der Waals surface area contributed by atoms with Gasteiger partial charge >= 0.3 is 122 Å². The van der Waals surface area contributed by atoms with E-state index in [1.54, 1.807) is 0 Å². The van der Waals surface area contributed by atoms with Gasteiger partial charge in [0.2, 0.25) is 0 Å². The van der Waals surface area contributed by atoms with Gasteiger partial charge in [-0.05, 0) is 0 Å². The predicted molar refractivity (Wildman–Crippen MR) is 70.0 cm³/mol. The summed E-state index contributed by atoms with van der Waals surface area (Å²) < 4.78 is 69.9. The Kier molecular flexibility index (Phi) is 4.37. The molecule has 112 valence electrons. The molecule has 0 aliphatic rings. The van der Waals surface area contributed by atoms with Crippen LogP contribution in [0.25, 0.3) is 0 Å². The van der Waals surface area contributed by atoms with Gasteiger partial charge in [0, 0.05) is 0 Å². The molecule has 0 aliphatic heterocycles. The molecule has 2 aromatic carbocycles. The summed E-state index contributed by atoms with van der Waals surface area (Å²) >= 11 is -7.10. The van der Waals surface area contributed by atoms with Crippen molar-refractivity contribution in [1.29, 1.82) is 0 Å². The van der Waals surface area contributed by atoms with E-state index >= 15 is 0 Å². The van der Waals surface area contributed by atoms with Crippen molar-refractivity contribution in [3.05, 3.63) is 60.7 Å². The summed E-state index contributed by atoms with van der Waals surface area (Å²) in [4.78, 5) is 0. The molecule has 0 nitrogen and oxygen atoms in total. The van der Waals surface area contributed by atoms with Gasteiger partial charge in [-0.15, -0.1) is 0 Å². The van der Waals surface area contributed by atoms with Crippen LogP contribution in [0.5, 0.6) is 0 Å². The summed E-state index contributed by atoms with van der Waals surface area (Å²) in [6.07, 6.45) is 0. The monoisotopic (exact) mass is 500 g/mol. The first kappa shape index (κ1) is 16.3. The third-order valence-electron chi connectivity index (χ3n) is 3.26. The fourth-order valence-corrected chi connectivity index (χ4v) is 15.4. The third-order valence-corrected chi connectivity index (χ3v) is 19.2. The van der Waals surface area contributed by atoms with Gasteiger partial charge in [-0.3, -0.25) is 0 Å². The maximum absolute atomic E-state index is 13.6. The Morgan fingerprint density at radius 1 is 0.524 bits per heavy atom. The van der Waals surface area contributed by atoms with Crippen LogP contribution in [-0.2, 0) is 0 Å². The van der Waals surface area contributed by atoms with Crippen LogP contribution in [0.1, 0.15) is 0 Å². The molecule has 2 aromatic rings. The Balaban J connectivity index is 2.87. The van der Waals surface area contributed by atoms with Crippen molar-refractivity contribution >= 4 is 27.4 Å². The van der Waals surface area contributed by atoms with Crippen molar-refractivity contribution in [2.24, 2.45) is 0 Å². The molecule has 7 heteroatoms. The molecule has 0 aliphatic carbocycles. The van der Waals surface area contributed by atoms with Crippen LogP contribution in [0.4, 0.5) is 26.3 Å². The van der Waals surface area contributed by atoms with Gasteiger partial charge < -0.3 is 0 Å². The molecule has 2 rings (SSSR count). The van der Waals surface area contributed by atoms with Crippen LogP contribution in [0.2, 0.25) is 0 Å². The predicted octanol–water partition coefficient (Wildman–Crippen LogP) is 3.45. The van der Waals surface area contributed by atoms with Crippen molar-refractivity contribution in [3.63, 3.8) is 0 Å². The Labute approximate surface area is 122 Å². The van der Waals surface area contributed by atoms with Gasteiger partial charge in [0.1, 0.15) is 0 Å². The molecular weight excluding hydrogens is 489 g/mol. The summed E-state index contributed by atoms with van der Waals surface area (Å²) in [7, 11) is 0. The molecular formula is C14H10F6Pb. The Hall–Kier alpha value is -1.06. The zero-order valence-corrected chi connectivity index (χ0v) is 14.4. The fraction of sp³-hybridized carbons (Fsp3) is 0.143. The van der Waals surface area contributed by atoms with Crippen molar-refractivity contribution in [3.8, 4) is 0 Å². The van der Waals surface area contributed by atoms with Gasteiger partial charge in [0.05, 0.1) is 0 Å². The second kappa shape index (κ2) is 5.62. The molecule has 0 spiro atoms. The molecule has 0 unspecified atom stereocenters. The number of hydrogen-bond donors (Lipinski definition) is 0. The van der Waals surface area contributed by atoms with E-state index in [1.165, 1.54) is 36.4 Å². The molecule has 0 saturated carbocycles. The number of rotatable bonds is 2. The number of alkyl halides is 6. The fourth-order valence-electron chi connectivity index (χ4n) is 2.36.